The maximum absolute atomic E-state index is 11.9. The minimum Gasteiger partial charge on any atom is -0.340 e. The van der Waals surface area contributed by atoms with Crippen LogP contribution in [0.4, 0.5) is 0 Å². The number of halogens is 1. The van der Waals surface area contributed by atoms with Crippen molar-refractivity contribution in [3.05, 3.63) is 0 Å². The number of hydrogen-bond acceptors (Lipinski definition) is 1. The first-order chi connectivity index (χ1) is 6.54. The summed E-state index contributed by atoms with van der Waals surface area (Å²) in [5, 5.41) is 0.962. The highest BCUT2D eigenvalue weighted by molar-refractivity contribution is 9.09. The molecule has 0 aromatic heterocycles. The summed E-state index contributed by atoms with van der Waals surface area (Å²) in [6.45, 7) is 9.09. The van der Waals surface area contributed by atoms with Crippen LogP contribution >= 0.6 is 15.9 Å². The van der Waals surface area contributed by atoms with Gasteiger partial charge in [-0.05, 0) is 26.7 Å². The van der Waals surface area contributed by atoms with Crippen molar-refractivity contribution in [1.29, 1.82) is 0 Å². The number of alkyl halides is 1. The Bertz CT molecular complexity index is 171. The number of hydrogen-bond donors (Lipinski definition) is 0. The summed E-state index contributed by atoms with van der Waals surface area (Å²) in [6, 6.07) is 0.315. The molecule has 0 aliphatic heterocycles. The van der Waals surface area contributed by atoms with E-state index in [1.54, 1.807) is 0 Å². The molecule has 0 saturated heterocycles. The normalized spacial score (nSPS) is 13.0. The molecule has 1 atom stereocenters. The van der Waals surface area contributed by atoms with Crippen LogP contribution in [0, 0.1) is 5.92 Å². The molecule has 0 aliphatic carbocycles. The maximum atomic E-state index is 11.9. The average Bonchev–Trinajstić information content (AvgIpc) is 2.16. The second kappa shape index (κ2) is 7.27. The van der Waals surface area contributed by atoms with Crippen LogP contribution in [-0.4, -0.2) is 28.7 Å². The smallest absolute Gasteiger partial charge is 0.225 e. The molecule has 0 saturated carbocycles. The quantitative estimate of drug-likeness (QED) is 0.675. The van der Waals surface area contributed by atoms with Crippen molar-refractivity contribution in [2.75, 3.05) is 11.9 Å². The van der Waals surface area contributed by atoms with Gasteiger partial charge in [-0.25, -0.2) is 0 Å². The minimum atomic E-state index is 0.160. The van der Waals surface area contributed by atoms with Crippen LogP contribution < -0.4 is 0 Å². The SMILES string of the molecule is CCC(C)C(=O)N(CCCBr)C(C)C. The summed E-state index contributed by atoms with van der Waals surface area (Å²) in [5.41, 5.74) is 0. The van der Waals surface area contributed by atoms with Gasteiger partial charge in [-0.2, -0.15) is 0 Å². The molecular weight excluding hydrogens is 242 g/mol. The summed E-state index contributed by atoms with van der Waals surface area (Å²) in [5.74, 6) is 0.455. The fraction of sp³-hybridized carbons (Fsp3) is 0.909. The zero-order valence-corrected chi connectivity index (χ0v) is 11.3. The Balaban J connectivity index is 4.25. The van der Waals surface area contributed by atoms with Gasteiger partial charge in [0.05, 0.1) is 0 Å². The topological polar surface area (TPSA) is 20.3 Å². The van der Waals surface area contributed by atoms with E-state index in [2.05, 4.69) is 36.7 Å². The molecule has 0 spiro atoms. The van der Waals surface area contributed by atoms with Crippen molar-refractivity contribution in [3.8, 4) is 0 Å². The van der Waals surface area contributed by atoms with E-state index in [1.165, 1.54) is 0 Å². The van der Waals surface area contributed by atoms with Crippen molar-refractivity contribution in [1.82, 2.24) is 4.90 Å². The van der Waals surface area contributed by atoms with Gasteiger partial charge in [0.2, 0.25) is 5.91 Å². The lowest BCUT2D eigenvalue weighted by molar-refractivity contribution is -0.136. The largest absolute Gasteiger partial charge is 0.340 e. The summed E-state index contributed by atoms with van der Waals surface area (Å²) in [7, 11) is 0. The highest BCUT2D eigenvalue weighted by Gasteiger charge is 2.20. The minimum absolute atomic E-state index is 0.160. The number of rotatable bonds is 6. The van der Waals surface area contributed by atoms with Crippen molar-refractivity contribution < 1.29 is 4.79 Å². The van der Waals surface area contributed by atoms with Crippen molar-refractivity contribution in [3.63, 3.8) is 0 Å². The Hall–Kier alpha value is -0.0500. The highest BCUT2D eigenvalue weighted by Crippen LogP contribution is 2.10. The van der Waals surface area contributed by atoms with Gasteiger partial charge in [-0.15, -0.1) is 0 Å². The van der Waals surface area contributed by atoms with Crippen LogP contribution in [0.1, 0.15) is 40.5 Å². The Morgan fingerprint density at radius 1 is 1.36 bits per heavy atom. The van der Waals surface area contributed by atoms with Gasteiger partial charge in [0.25, 0.3) is 0 Å². The second-order valence-electron chi connectivity index (χ2n) is 3.98. The van der Waals surface area contributed by atoms with Crippen LogP contribution in [0.3, 0.4) is 0 Å². The standard InChI is InChI=1S/C11H22BrNO/c1-5-10(4)11(14)13(9(2)3)8-6-7-12/h9-10H,5-8H2,1-4H3. The molecule has 0 bridgehead atoms. The molecule has 14 heavy (non-hydrogen) atoms. The number of carbonyl (C=O) groups is 1. The molecule has 0 aromatic rings. The maximum Gasteiger partial charge on any atom is 0.225 e. The van der Waals surface area contributed by atoms with E-state index >= 15 is 0 Å². The zero-order valence-electron chi connectivity index (χ0n) is 9.72. The van der Waals surface area contributed by atoms with Crippen LogP contribution in [0.25, 0.3) is 0 Å². The van der Waals surface area contributed by atoms with Crippen LogP contribution in [0.5, 0.6) is 0 Å². The third-order valence-corrected chi connectivity index (χ3v) is 3.03. The molecule has 0 N–H and O–H groups in total. The lowest BCUT2D eigenvalue weighted by atomic mass is 10.1. The van der Waals surface area contributed by atoms with E-state index in [9.17, 15) is 4.79 Å². The Labute approximate surface area is 96.2 Å². The molecule has 0 radical (unpaired) electrons. The van der Waals surface area contributed by atoms with Gasteiger partial charge in [-0.3, -0.25) is 4.79 Å². The second-order valence-corrected chi connectivity index (χ2v) is 4.77. The summed E-state index contributed by atoms with van der Waals surface area (Å²) in [6.07, 6.45) is 1.96. The van der Waals surface area contributed by atoms with E-state index in [0.29, 0.717) is 11.9 Å². The van der Waals surface area contributed by atoms with Crippen LogP contribution in [0.15, 0.2) is 0 Å². The lowest BCUT2D eigenvalue weighted by Gasteiger charge is -2.29. The molecule has 1 amide bonds. The van der Waals surface area contributed by atoms with E-state index < -0.39 is 0 Å². The fourth-order valence-electron chi connectivity index (χ4n) is 1.31. The van der Waals surface area contributed by atoms with E-state index in [4.69, 9.17) is 0 Å². The third-order valence-electron chi connectivity index (χ3n) is 2.47. The molecule has 0 fully saturated rings. The summed E-state index contributed by atoms with van der Waals surface area (Å²) < 4.78 is 0. The first-order valence-electron chi connectivity index (χ1n) is 5.41. The molecular formula is C11H22BrNO. The average molecular weight is 264 g/mol. The Morgan fingerprint density at radius 2 is 1.93 bits per heavy atom. The highest BCUT2D eigenvalue weighted by atomic mass is 79.9. The van der Waals surface area contributed by atoms with E-state index in [1.807, 2.05) is 11.8 Å². The summed E-state index contributed by atoms with van der Waals surface area (Å²) in [4.78, 5) is 13.9. The monoisotopic (exact) mass is 263 g/mol. The molecule has 0 rings (SSSR count). The number of amides is 1. The molecule has 2 nitrogen and oxygen atoms in total. The van der Waals surface area contributed by atoms with Crippen molar-refractivity contribution in [2.45, 2.75) is 46.6 Å². The number of nitrogens with zero attached hydrogens (tertiary/aromatic N) is 1. The fourth-order valence-corrected chi connectivity index (χ4v) is 1.56. The molecule has 0 aromatic carbocycles. The predicted molar refractivity (Wildman–Crippen MR) is 64.7 cm³/mol. The van der Waals surface area contributed by atoms with Crippen LogP contribution in [-0.2, 0) is 4.79 Å². The van der Waals surface area contributed by atoms with E-state index in [0.717, 1.165) is 24.7 Å². The summed E-state index contributed by atoms with van der Waals surface area (Å²) >= 11 is 3.39. The van der Waals surface area contributed by atoms with Gasteiger partial charge in [0.1, 0.15) is 0 Å². The van der Waals surface area contributed by atoms with Crippen LogP contribution in [0.2, 0.25) is 0 Å². The third kappa shape index (κ3) is 4.45. The molecule has 0 aliphatic rings. The van der Waals surface area contributed by atoms with Gasteiger partial charge in [-0.1, -0.05) is 29.8 Å². The zero-order chi connectivity index (χ0) is 11.1. The lowest BCUT2D eigenvalue weighted by Crippen LogP contribution is -2.40. The molecule has 0 heterocycles. The first-order valence-corrected chi connectivity index (χ1v) is 6.53. The Kier molecular flexibility index (Phi) is 7.24. The van der Waals surface area contributed by atoms with E-state index in [-0.39, 0.29) is 5.92 Å². The van der Waals surface area contributed by atoms with Gasteiger partial charge < -0.3 is 4.90 Å². The number of carbonyl (C=O) groups excluding carboxylic acids is 1. The van der Waals surface area contributed by atoms with Crippen molar-refractivity contribution >= 4 is 21.8 Å². The van der Waals surface area contributed by atoms with Gasteiger partial charge in [0.15, 0.2) is 0 Å². The molecule has 84 valence electrons. The van der Waals surface area contributed by atoms with Crippen molar-refractivity contribution in [2.24, 2.45) is 5.92 Å². The van der Waals surface area contributed by atoms with Gasteiger partial charge >= 0.3 is 0 Å². The predicted octanol–water partition coefficient (Wildman–Crippen LogP) is 3.05. The molecule has 3 heteroatoms. The Morgan fingerprint density at radius 3 is 2.29 bits per heavy atom. The van der Waals surface area contributed by atoms with Gasteiger partial charge in [0, 0.05) is 23.8 Å². The first kappa shape index (κ1) is 13.9. The molecule has 1 unspecified atom stereocenters.